The maximum Gasteiger partial charge on any atom is 0.0756 e. The van der Waals surface area contributed by atoms with Gasteiger partial charge in [-0.15, -0.1) is 0 Å². The lowest BCUT2D eigenvalue weighted by Crippen LogP contribution is -2.10. The Kier molecular flexibility index (Phi) is 2.93. The van der Waals surface area contributed by atoms with Gasteiger partial charge in [0, 0.05) is 16.1 Å². The number of fused-ring (bicyclic) bond motifs is 1. The van der Waals surface area contributed by atoms with Crippen LogP contribution < -0.4 is 11.3 Å². The largest absolute Gasteiger partial charge is 0.323 e. The monoisotopic (exact) mass is 255 g/mol. The van der Waals surface area contributed by atoms with Gasteiger partial charge in [-0.05, 0) is 31.5 Å². The number of nitrogens with two attached hydrogens (primary N) is 1. The average molecular weight is 256 g/mol. The third-order valence-electron chi connectivity index (χ3n) is 2.63. The summed E-state index contributed by atoms with van der Waals surface area (Å²) in [5.74, 6) is 5.52. The Bertz CT molecular complexity index is 567. The molecule has 5 heteroatoms. The third-order valence-corrected chi connectivity index (χ3v) is 3.15. The fourth-order valence-corrected chi connectivity index (χ4v) is 2.29. The van der Waals surface area contributed by atoms with Gasteiger partial charge in [-0.25, -0.2) is 0 Å². The normalized spacial score (nSPS) is 10.8. The van der Waals surface area contributed by atoms with Crippen LogP contribution in [0, 0.1) is 13.8 Å². The fourth-order valence-electron chi connectivity index (χ4n) is 1.71. The van der Waals surface area contributed by atoms with E-state index in [1.807, 2.05) is 13.8 Å². The number of halogens is 2. The molecule has 0 aliphatic carbocycles. The third kappa shape index (κ3) is 1.71. The van der Waals surface area contributed by atoms with E-state index in [1.54, 1.807) is 12.1 Å². The van der Waals surface area contributed by atoms with E-state index in [1.165, 1.54) is 0 Å². The lowest BCUT2D eigenvalue weighted by atomic mass is 10.1. The number of nitrogen functional groups attached to an aromatic ring is 1. The predicted molar refractivity (Wildman–Crippen MR) is 69.0 cm³/mol. The van der Waals surface area contributed by atoms with Gasteiger partial charge in [0.1, 0.15) is 0 Å². The molecule has 1 aromatic carbocycles. The van der Waals surface area contributed by atoms with Gasteiger partial charge in [-0.1, -0.05) is 23.2 Å². The molecule has 0 spiro atoms. The number of nitrogens with one attached hydrogen (secondary N) is 1. The molecule has 2 rings (SSSR count). The molecule has 84 valence electrons. The van der Waals surface area contributed by atoms with Gasteiger partial charge in [0.25, 0.3) is 0 Å². The second kappa shape index (κ2) is 4.09. The van der Waals surface area contributed by atoms with Crippen LogP contribution in [0.25, 0.3) is 10.9 Å². The zero-order chi connectivity index (χ0) is 11.9. The second-order valence-corrected chi connectivity index (χ2v) is 4.47. The number of hydrazine groups is 1. The first kappa shape index (κ1) is 11.5. The highest BCUT2D eigenvalue weighted by Crippen LogP contribution is 2.34. The van der Waals surface area contributed by atoms with Gasteiger partial charge >= 0.3 is 0 Å². The van der Waals surface area contributed by atoms with Crippen LogP contribution in [0.5, 0.6) is 0 Å². The molecular formula is C11H11Cl2N3. The maximum absolute atomic E-state index is 6.15. The smallest absolute Gasteiger partial charge is 0.0756 e. The molecule has 3 N–H and O–H groups in total. The van der Waals surface area contributed by atoms with Crippen LogP contribution in [0.15, 0.2) is 12.1 Å². The number of pyridine rings is 1. The molecule has 0 saturated heterocycles. The molecule has 3 nitrogen and oxygen atoms in total. The zero-order valence-corrected chi connectivity index (χ0v) is 10.4. The van der Waals surface area contributed by atoms with Crippen LogP contribution in [0.4, 0.5) is 5.69 Å². The molecule has 0 saturated carbocycles. The Labute approximate surface area is 104 Å². The van der Waals surface area contributed by atoms with E-state index >= 15 is 0 Å². The number of hydrogen-bond acceptors (Lipinski definition) is 3. The number of aryl methyl sites for hydroxylation is 1. The lowest BCUT2D eigenvalue weighted by Gasteiger charge is -2.13. The van der Waals surface area contributed by atoms with Crippen LogP contribution in [-0.2, 0) is 0 Å². The summed E-state index contributed by atoms with van der Waals surface area (Å²) in [4.78, 5) is 4.44. The van der Waals surface area contributed by atoms with E-state index in [9.17, 15) is 0 Å². The molecule has 0 fully saturated rings. The zero-order valence-electron chi connectivity index (χ0n) is 8.94. The quantitative estimate of drug-likeness (QED) is 0.607. The van der Waals surface area contributed by atoms with Crippen LogP contribution in [0.1, 0.15) is 11.3 Å². The van der Waals surface area contributed by atoms with Crippen molar-refractivity contribution in [3.8, 4) is 0 Å². The molecule has 0 amide bonds. The molecule has 0 radical (unpaired) electrons. The number of rotatable bonds is 1. The number of hydrogen-bond donors (Lipinski definition) is 2. The summed E-state index contributed by atoms with van der Waals surface area (Å²) in [5.41, 5.74) is 6.10. The first-order valence-corrected chi connectivity index (χ1v) is 5.52. The Hall–Kier alpha value is -1.03. The van der Waals surface area contributed by atoms with Crippen molar-refractivity contribution in [2.45, 2.75) is 13.8 Å². The topological polar surface area (TPSA) is 50.9 Å². The standard InChI is InChI=1S/C11H11Cl2N3/c1-5-6(2)15-9-4-7(12)3-8(13)10(9)11(5)16-14/h3-4H,14H2,1-2H3,(H,15,16). The number of anilines is 1. The van der Waals surface area contributed by atoms with E-state index in [-0.39, 0.29) is 0 Å². The first-order valence-electron chi connectivity index (χ1n) is 4.77. The second-order valence-electron chi connectivity index (χ2n) is 3.62. The van der Waals surface area contributed by atoms with Crippen molar-refractivity contribution in [1.29, 1.82) is 0 Å². The van der Waals surface area contributed by atoms with Gasteiger partial charge < -0.3 is 5.43 Å². The summed E-state index contributed by atoms with van der Waals surface area (Å²) in [5, 5.41) is 1.92. The number of benzene rings is 1. The highest BCUT2D eigenvalue weighted by atomic mass is 35.5. The van der Waals surface area contributed by atoms with Gasteiger partial charge in [0.15, 0.2) is 0 Å². The van der Waals surface area contributed by atoms with E-state index in [0.717, 1.165) is 27.8 Å². The molecule has 16 heavy (non-hydrogen) atoms. The molecule has 2 aromatic rings. The molecule has 1 aromatic heterocycles. The van der Waals surface area contributed by atoms with Crippen LogP contribution in [0.2, 0.25) is 10.0 Å². The Morgan fingerprint density at radius 3 is 2.56 bits per heavy atom. The molecule has 0 atom stereocenters. The van der Waals surface area contributed by atoms with E-state index in [0.29, 0.717) is 10.0 Å². The molecular weight excluding hydrogens is 245 g/mol. The summed E-state index contributed by atoms with van der Waals surface area (Å²) in [6.45, 7) is 3.87. The van der Waals surface area contributed by atoms with E-state index in [2.05, 4.69) is 10.4 Å². The highest BCUT2D eigenvalue weighted by Gasteiger charge is 2.12. The summed E-state index contributed by atoms with van der Waals surface area (Å²) in [6, 6.07) is 3.46. The minimum atomic E-state index is 0.547. The van der Waals surface area contributed by atoms with Gasteiger partial charge in [-0.2, -0.15) is 0 Å². The minimum absolute atomic E-state index is 0.547. The van der Waals surface area contributed by atoms with Crippen molar-refractivity contribution in [3.63, 3.8) is 0 Å². The molecule has 1 heterocycles. The lowest BCUT2D eigenvalue weighted by molar-refractivity contribution is 1.18. The average Bonchev–Trinajstić information content (AvgIpc) is 2.20. The van der Waals surface area contributed by atoms with Crippen LogP contribution in [0.3, 0.4) is 0 Å². The summed E-state index contributed by atoms with van der Waals surface area (Å²) >= 11 is 12.1. The Morgan fingerprint density at radius 1 is 1.25 bits per heavy atom. The minimum Gasteiger partial charge on any atom is -0.323 e. The predicted octanol–water partition coefficient (Wildman–Crippen LogP) is 3.44. The van der Waals surface area contributed by atoms with Crippen LogP contribution >= 0.6 is 23.2 Å². The molecule has 0 aliphatic heterocycles. The SMILES string of the molecule is Cc1nc2cc(Cl)cc(Cl)c2c(NN)c1C. The van der Waals surface area contributed by atoms with Crippen LogP contribution in [-0.4, -0.2) is 4.98 Å². The highest BCUT2D eigenvalue weighted by molar-refractivity contribution is 6.39. The maximum atomic E-state index is 6.15. The van der Waals surface area contributed by atoms with Gasteiger partial charge in [0.05, 0.1) is 16.2 Å². The Morgan fingerprint density at radius 2 is 1.94 bits per heavy atom. The van der Waals surface area contributed by atoms with Crippen molar-refractivity contribution in [1.82, 2.24) is 4.98 Å². The van der Waals surface area contributed by atoms with Crippen molar-refractivity contribution >= 4 is 39.8 Å². The van der Waals surface area contributed by atoms with Crippen molar-refractivity contribution in [3.05, 3.63) is 33.4 Å². The summed E-state index contributed by atoms with van der Waals surface area (Å²) in [6.07, 6.45) is 0. The number of nitrogens with zero attached hydrogens (tertiary/aromatic N) is 1. The fraction of sp³-hybridized carbons (Fsp3) is 0.182. The molecule has 0 bridgehead atoms. The summed E-state index contributed by atoms with van der Waals surface area (Å²) in [7, 11) is 0. The van der Waals surface area contributed by atoms with Crippen molar-refractivity contribution in [2.75, 3.05) is 5.43 Å². The summed E-state index contributed by atoms with van der Waals surface area (Å²) < 4.78 is 0. The number of aromatic nitrogens is 1. The van der Waals surface area contributed by atoms with E-state index in [4.69, 9.17) is 29.0 Å². The van der Waals surface area contributed by atoms with Crippen molar-refractivity contribution in [2.24, 2.45) is 5.84 Å². The van der Waals surface area contributed by atoms with E-state index < -0.39 is 0 Å². The van der Waals surface area contributed by atoms with Crippen molar-refractivity contribution < 1.29 is 0 Å². The first-order chi connectivity index (χ1) is 7.54. The molecule has 0 aliphatic rings. The van der Waals surface area contributed by atoms with Gasteiger partial charge in [0.2, 0.25) is 0 Å². The Balaban J connectivity index is 2.96. The molecule has 0 unspecified atom stereocenters. The van der Waals surface area contributed by atoms with Gasteiger partial charge in [-0.3, -0.25) is 10.8 Å².